The van der Waals surface area contributed by atoms with Gasteiger partial charge in [0, 0.05) is 10.9 Å². The van der Waals surface area contributed by atoms with E-state index >= 15 is 0 Å². The highest BCUT2D eigenvalue weighted by Crippen LogP contribution is 2.32. The maximum Gasteiger partial charge on any atom is 0.332 e. The lowest BCUT2D eigenvalue weighted by atomic mass is 9.90. The Morgan fingerprint density at radius 3 is 2.04 bits per heavy atom. The maximum absolute atomic E-state index is 12.8. The van der Waals surface area contributed by atoms with E-state index in [-0.39, 0.29) is 6.42 Å². The minimum absolute atomic E-state index is 0.165. The molecule has 1 aliphatic rings. The zero-order valence-corrected chi connectivity index (χ0v) is 15.4. The van der Waals surface area contributed by atoms with E-state index in [9.17, 15) is 14.4 Å². The number of benzene rings is 2. The fraction of sp³-hybridized carbons (Fsp3) is 0.211. The van der Waals surface area contributed by atoms with Crippen molar-refractivity contribution >= 4 is 33.7 Å². The van der Waals surface area contributed by atoms with Crippen molar-refractivity contribution in [1.82, 2.24) is 4.90 Å². The monoisotopic (exact) mass is 401 g/mol. The summed E-state index contributed by atoms with van der Waals surface area (Å²) in [7, 11) is 1.25. The van der Waals surface area contributed by atoms with E-state index in [4.69, 9.17) is 4.74 Å². The quantitative estimate of drug-likeness (QED) is 0.582. The van der Waals surface area contributed by atoms with Gasteiger partial charge in [0.2, 0.25) is 0 Å². The van der Waals surface area contributed by atoms with Crippen LogP contribution >= 0.6 is 15.9 Å². The van der Waals surface area contributed by atoms with Gasteiger partial charge >= 0.3 is 5.97 Å². The fourth-order valence-electron chi connectivity index (χ4n) is 3.10. The zero-order valence-electron chi connectivity index (χ0n) is 13.8. The summed E-state index contributed by atoms with van der Waals surface area (Å²) in [4.78, 5) is 39.2. The lowest BCUT2D eigenvalue weighted by Crippen LogP contribution is -2.57. The molecule has 0 bridgehead atoms. The van der Waals surface area contributed by atoms with Crippen LogP contribution in [0.3, 0.4) is 0 Å². The highest BCUT2D eigenvalue weighted by Gasteiger charge is 2.51. The van der Waals surface area contributed by atoms with Crippen molar-refractivity contribution in [2.24, 2.45) is 0 Å². The van der Waals surface area contributed by atoms with Gasteiger partial charge in [0.25, 0.3) is 11.8 Å². The molecular formula is C19H16BrNO4. The second kappa shape index (κ2) is 6.44. The Morgan fingerprint density at radius 1 is 1.04 bits per heavy atom. The first kappa shape index (κ1) is 17.4. The van der Waals surface area contributed by atoms with Gasteiger partial charge in [0.15, 0.2) is 0 Å². The van der Waals surface area contributed by atoms with Gasteiger partial charge in [-0.05, 0) is 36.8 Å². The van der Waals surface area contributed by atoms with Crippen molar-refractivity contribution < 1.29 is 19.1 Å². The molecule has 0 aromatic heterocycles. The Kier molecular flexibility index (Phi) is 4.47. The Balaban J connectivity index is 2.05. The number of carbonyl (C=O) groups is 3. The van der Waals surface area contributed by atoms with Crippen molar-refractivity contribution in [3.8, 4) is 0 Å². The van der Waals surface area contributed by atoms with Crippen LogP contribution < -0.4 is 0 Å². The smallest absolute Gasteiger partial charge is 0.332 e. The molecule has 1 unspecified atom stereocenters. The van der Waals surface area contributed by atoms with Crippen LogP contribution in [0.1, 0.15) is 33.2 Å². The van der Waals surface area contributed by atoms with Crippen molar-refractivity contribution in [2.75, 3.05) is 7.11 Å². The predicted octanol–water partition coefficient (Wildman–Crippen LogP) is 3.22. The predicted molar refractivity (Wildman–Crippen MR) is 95.2 cm³/mol. The number of ether oxygens (including phenoxy) is 1. The van der Waals surface area contributed by atoms with Gasteiger partial charge in [-0.15, -0.1) is 0 Å². The molecule has 0 saturated heterocycles. The van der Waals surface area contributed by atoms with Crippen LogP contribution in [0.2, 0.25) is 0 Å². The second-order valence-electron chi connectivity index (χ2n) is 6.06. The zero-order chi connectivity index (χ0) is 18.2. The Morgan fingerprint density at radius 2 is 1.56 bits per heavy atom. The summed E-state index contributed by atoms with van der Waals surface area (Å²) in [5.41, 5.74) is -0.0139. The van der Waals surface area contributed by atoms with Crippen LogP contribution in [-0.4, -0.2) is 35.3 Å². The molecule has 2 amide bonds. The molecule has 0 aliphatic carbocycles. The van der Waals surface area contributed by atoms with Crippen molar-refractivity contribution in [3.63, 3.8) is 0 Å². The minimum atomic E-state index is -1.43. The van der Waals surface area contributed by atoms with Crippen molar-refractivity contribution in [3.05, 3.63) is 69.7 Å². The lowest BCUT2D eigenvalue weighted by Gasteiger charge is -2.34. The van der Waals surface area contributed by atoms with E-state index in [1.54, 1.807) is 31.2 Å². The topological polar surface area (TPSA) is 63.7 Å². The van der Waals surface area contributed by atoms with E-state index in [0.717, 1.165) is 14.9 Å². The number of imide groups is 1. The molecule has 6 heteroatoms. The summed E-state index contributed by atoms with van der Waals surface area (Å²) in [5.74, 6) is -1.60. The number of hydrogen-bond acceptors (Lipinski definition) is 4. The molecule has 2 aromatic rings. The largest absolute Gasteiger partial charge is 0.467 e. The first-order valence-electron chi connectivity index (χ1n) is 7.69. The van der Waals surface area contributed by atoms with Crippen LogP contribution in [0.5, 0.6) is 0 Å². The van der Waals surface area contributed by atoms with Crippen molar-refractivity contribution in [1.29, 1.82) is 0 Å². The van der Waals surface area contributed by atoms with Crippen LogP contribution in [0.25, 0.3) is 0 Å². The Labute approximate surface area is 153 Å². The van der Waals surface area contributed by atoms with Crippen LogP contribution in [-0.2, 0) is 16.0 Å². The van der Waals surface area contributed by atoms with E-state index in [2.05, 4.69) is 15.9 Å². The van der Waals surface area contributed by atoms with Gasteiger partial charge in [-0.25, -0.2) is 4.79 Å². The number of methoxy groups -OCH3 is 1. The van der Waals surface area contributed by atoms with E-state index < -0.39 is 23.3 Å². The number of halogens is 1. The molecule has 128 valence electrons. The number of carbonyl (C=O) groups excluding carboxylic acids is 3. The third-order valence-corrected chi connectivity index (χ3v) is 4.90. The summed E-state index contributed by atoms with van der Waals surface area (Å²) in [6.45, 7) is 1.56. The molecule has 0 fully saturated rings. The number of rotatable bonds is 4. The molecule has 1 atom stereocenters. The number of nitrogens with zero attached hydrogens (tertiary/aromatic N) is 1. The fourth-order valence-corrected chi connectivity index (χ4v) is 3.36. The van der Waals surface area contributed by atoms with Gasteiger partial charge in [-0.3, -0.25) is 14.5 Å². The summed E-state index contributed by atoms with van der Waals surface area (Å²) >= 11 is 3.36. The number of hydrogen-bond donors (Lipinski definition) is 0. The number of esters is 1. The highest BCUT2D eigenvalue weighted by molar-refractivity contribution is 9.10. The normalized spacial score (nSPS) is 15.7. The number of fused-ring (bicyclic) bond motifs is 1. The third kappa shape index (κ3) is 2.87. The Hall–Kier alpha value is -2.47. The lowest BCUT2D eigenvalue weighted by molar-refractivity contribution is -0.151. The minimum Gasteiger partial charge on any atom is -0.467 e. The molecule has 0 radical (unpaired) electrons. The van der Waals surface area contributed by atoms with Crippen molar-refractivity contribution in [2.45, 2.75) is 18.9 Å². The summed E-state index contributed by atoms with van der Waals surface area (Å²) < 4.78 is 5.82. The molecule has 0 spiro atoms. The average Bonchev–Trinajstić information content (AvgIpc) is 2.88. The molecule has 5 nitrogen and oxygen atoms in total. The molecule has 2 aromatic carbocycles. The Bertz CT molecular complexity index is 827. The highest BCUT2D eigenvalue weighted by atomic mass is 79.9. The van der Waals surface area contributed by atoms with E-state index in [0.29, 0.717) is 11.1 Å². The molecule has 1 heterocycles. The van der Waals surface area contributed by atoms with Gasteiger partial charge in [-0.2, -0.15) is 0 Å². The van der Waals surface area contributed by atoms with E-state index in [1.165, 1.54) is 7.11 Å². The maximum atomic E-state index is 12.8. The number of amides is 2. The van der Waals surface area contributed by atoms with Gasteiger partial charge in [0.1, 0.15) is 5.54 Å². The summed E-state index contributed by atoms with van der Waals surface area (Å²) in [6, 6.07) is 13.9. The van der Waals surface area contributed by atoms with Crippen LogP contribution in [0, 0.1) is 0 Å². The van der Waals surface area contributed by atoms with Gasteiger partial charge in [-0.1, -0.05) is 40.2 Å². The molecule has 0 saturated carbocycles. The first-order chi connectivity index (χ1) is 11.9. The standard InChI is InChI=1S/C19H16BrNO4/c1-19(18(24)25-2,11-12-7-9-13(20)10-8-12)21-16(22)14-5-3-4-6-15(14)17(21)23/h3-10H,11H2,1-2H3. The SMILES string of the molecule is COC(=O)C(C)(Cc1ccc(Br)cc1)N1C(=O)c2ccccc2C1=O. The summed E-state index contributed by atoms with van der Waals surface area (Å²) in [6.07, 6.45) is 0.165. The molecule has 0 N–H and O–H groups in total. The first-order valence-corrected chi connectivity index (χ1v) is 8.48. The van der Waals surface area contributed by atoms with Gasteiger partial charge < -0.3 is 4.74 Å². The molecular weight excluding hydrogens is 386 g/mol. The molecule has 3 rings (SSSR count). The van der Waals surface area contributed by atoms with E-state index in [1.807, 2.05) is 24.3 Å². The average molecular weight is 402 g/mol. The second-order valence-corrected chi connectivity index (χ2v) is 6.98. The van der Waals surface area contributed by atoms with Crippen LogP contribution in [0.4, 0.5) is 0 Å². The van der Waals surface area contributed by atoms with Crippen LogP contribution in [0.15, 0.2) is 53.0 Å². The van der Waals surface area contributed by atoms with Gasteiger partial charge in [0.05, 0.1) is 18.2 Å². The molecule has 1 aliphatic heterocycles. The molecule has 25 heavy (non-hydrogen) atoms. The third-order valence-electron chi connectivity index (χ3n) is 4.37. The summed E-state index contributed by atoms with van der Waals surface area (Å²) in [5, 5.41) is 0.